The van der Waals surface area contributed by atoms with Crippen molar-refractivity contribution in [1.29, 1.82) is 0 Å². The van der Waals surface area contributed by atoms with Crippen molar-refractivity contribution < 1.29 is 18.7 Å². The predicted molar refractivity (Wildman–Crippen MR) is 86.6 cm³/mol. The van der Waals surface area contributed by atoms with Crippen molar-refractivity contribution in [3.63, 3.8) is 0 Å². The monoisotopic (exact) mass is 327 g/mol. The molecule has 2 heterocycles. The zero-order valence-electron chi connectivity index (χ0n) is 13.2. The second-order valence-corrected chi connectivity index (χ2v) is 6.21. The van der Waals surface area contributed by atoms with Gasteiger partial charge in [0, 0.05) is 19.0 Å². The third kappa shape index (κ3) is 2.82. The number of halogens is 1. The molecular formula is C19H18FNO3. The largest absolute Gasteiger partial charge is 0.454 e. The van der Waals surface area contributed by atoms with Crippen LogP contribution in [0.25, 0.3) is 0 Å². The van der Waals surface area contributed by atoms with Gasteiger partial charge >= 0.3 is 0 Å². The van der Waals surface area contributed by atoms with Crippen LogP contribution in [0.4, 0.5) is 4.39 Å². The van der Waals surface area contributed by atoms with Crippen LogP contribution < -0.4 is 9.47 Å². The third-order valence-electron chi connectivity index (χ3n) is 4.68. The number of ether oxygens (including phenoxy) is 2. The molecule has 4 rings (SSSR count). The summed E-state index contributed by atoms with van der Waals surface area (Å²) in [6.45, 7) is 1.47. The molecule has 4 nitrogen and oxygen atoms in total. The molecule has 0 radical (unpaired) electrons. The van der Waals surface area contributed by atoms with Crippen LogP contribution in [0, 0.1) is 5.82 Å². The van der Waals surface area contributed by atoms with Crippen molar-refractivity contribution in [2.45, 2.75) is 18.8 Å². The molecule has 2 aromatic carbocycles. The first kappa shape index (κ1) is 15.0. The van der Waals surface area contributed by atoms with Gasteiger partial charge in [-0.05, 0) is 35.7 Å². The highest BCUT2D eigenvalue weighted by Crippen LogP contribution is 2.33. The summed E-state index contributed by atoms with van der Waals surface area (Å²) < 4.78 is 24.5. The van der Waals surface area contributed by atoms with E-state index < -0.39 is 0 Å². The topological polar surface area (TPSA) is 38.8 Å². The minimum atomic E-state index is -0.187. The van der Waals surface area contributed by atoms with E-state index in [1.807, 2.05) is 35.2 Å². The first-order valence-corrected chi connectivity index (χ1v) is 8.11. The summed E-state index contributed by atoms with van der Waals surface area (Å²) in [5, 5.41) is 0. The smallest absolute Gasteiger partial charge is 0.231 e. The van der Waals surface area contributed by atoms with E-state index >= 15 is 0 Å². The molecule has 2 aliphatic heterocycles. The Morgan fingerprint density at radius 1 is 1.17 bits per heavy atom. The number of likely N-dealkylation sites (tertiary alicyclic amines) is 1. The molecule has 0 spiro atoms. The molecule has 0 N–H and O–H groups in total. The minimum Gasteiger partial charge on any atom is -0.454 e. The standard InChI is InChI=1S/C19H18FNO3/c20-16-4-2-1-3-15(16)14-7-8-21(11-14)19(22)10-13-5-6-17-18(9-13)24-12-23-17/h1-6,9,14H,7-8,10-12H2. The number of carbonyl (C=O) groups is 1. The van der Waals surface area contributed by atoms with Gasteiger partial charge in [0.15, 0.2) is 11.5 Å². The lowest BCUT2D eigenvalue weighted by Gasteiger charge is -2.17. The van der Waals surface area contributed by atoms with Crippen LogP contribution in [0.5, 0.6) is 11.5 Å². The molecule has 124 valence electrons. The molecule has 1 unspecified atom stereocenters. The highest BCUT2D eigenvalue weighted by Gasteiger charge is 2.29. The van der Waals surface area contributed by atoms with E-state index in [9.17, 15) is 9.18 Å². The number of nitrogens with zero attached hydrogens (tertiary/aromatic N) is 1. The lowest BCUT2D eigenvalue weighted by Crippen LogP contribution is -2.29. The van der Waals surface area contributed by atoms with Gasteiger partial charge < -0.3 is 14.4 Å². The molecule has 0 bridgehead atoms. The van der Waals surface area contributed by atoms with Crippen molar-refractivity contribution in [2.24, 2.45) is 0 Å². The van der Waals surface area contributed by atoms with Crippen molar-refractivity contribution >= 4 is 5.91 Å². The Bertz CT molecular complexity index is 777. The van der Waals surface area contributed by atoms with Gasteiger partial charge in [-0.25, -0.2) is 4.39 Å². The second kappa shape index (κ2) is 6.15. The van der Waals surface area contributed by atoms with Crippen LogP contribution in [0.3, 0.4) is 0 Å². The maximum absolute atomic E-state index is 13.9. The Kier molecular flexibility index (Phi) is 3.84. The molecule has 1 fully saturated rings. The van der Waals surface area contributed by atoms with E-state index in [0.29, 0.717) is 36.6 Å². The van der Waals surface area contributed by atoms with Crippen LogP contribution in [0.1, 0.15) is 23.5 Å². The zero-order valence-corrected chi connectivity index (χ0v) is 13.2. The maximum atomic E-state index is 13.9. The van der Waals surface area contributed by atoms with Gasteiger partial charge in [0.05, 0.1) is 6.42 Å². The average molecular weight is 327 g/mol. The predicted octanol–water partition coefficient (Wildman–Crippen LogP) is 3.11. The number of rotatable bonds is 3. The van der Waals surface area contributed by atoms with Crippen molar-refractivity contribution in [3.05, 3.63) is 59.4 Å². The van der Waals surface area contributed by atoms with Crippen LogP contribution >= 0.6 is 0 Å². The van der Waals surface area contributed by atoms with E-state index in [2.05, 4.69) is 0 Å². The molecule has 5 heteroatoms. The van der Waals surface area contributed by atoms with Gasteiger partial charge in [-0.3, -0.25) is 4.79 Å². The first-order chi connectivity index (χ1) is 11.7. The Balaban J connectivity index is 1.42. The summed E-state index contributed by atoms with van der Waals surface area (Å²) >= 11 is 0. The van der Waals surface area contributed by atoms with Crippen LogP contribution in [0.15, 0.2) is 42.5 Å². The normalized spacial score (nSPS) is 18.9. The van der Waals surface area contributed by atoms with Crippen LogP contribution in [-0.4, -0.2) is 30.7 Å². The lowest BCUT2D eigenvalue weighted by atomic mass is 9.98. The summed E-state index contributed by atoms with van der Waals surface area (Å²) in [7, 11) is 0. The molecule has 24 heavy (non-hydrogen) atoms. The quantitative estimate of drug-likeness (QED) is 0.869. The number of fused-ring (bicyclic) bond motifs is 1. The van der Waals surface area contributed by atoms with Gasteiger partial charge in [-0.15, -0.1) is 0 Å². The molecule has 0 aromatic heterocycles. The summed E-state index contributed by atoms with van der Waals surface area (Å²) in [6, 6.07) is 12.4. The van der Waals surface area contributed by atoms with Gasteiger partial charge in [-0.2, -0.15) is 0 Å². The van der Waals surface area contributed by atoms with Crippen LogP contribution in [-0.2, 0) is 11.2 Å². The molecule has 2 aromatic rings. The van der Waals surface area contributed by atoms with Crippen LogP contribution in [0.2, 0.25) is 0 Å². The summed E-state index contributed by atoms with van der Waals surface area (Å²) in [5.74, 6) is 1.35. The highest BCUT2D eigenvalue weighted by atomic mass is 19.1. The molecule has 1 saturated heterocycles. The zero-order chi connectivity index (χ0) is 16.5. The number of benzene rings is 2. The minimum absolute atomic E-state index is 0.0627. The van der Waals surface area contributed by atoms with Gasteiger partial charge in [0.2, 0.25) is 12.7 Å². The molecule has 1 amide bonds. The van der Waals surface area contributed by atoms with E-state index in [0.717, 1.165) is 12.0 Å². The highest BCUT2D eigenvalue weighted by molar-refractivity contribution is 5.79. The molecule has 0 aliphatic carbocycles. The third-order valence-corrected chi connectivity index (χ3v) is 4.68. The number of hydrogen-bond donors (Lipinski definition) is 0. The van der Waals surface area contributed by atoms with Crippen molar-refractivity contribution in [2.75, 3.05) is 19.9 Å². The summed E-state index contributed by atoms with van der Waals surface area (Å²) in [5.41, 5.74) is 1.61. The average Bonchev–Trinajstić information content (AvgIpc) is 3.24. The Morgan fingerprint density at radius 2 is 2.00 bits per heavy atom. The van der Waals surface area contributed by atoms with Gasteiger partial charge in [-0.1, -0.05) is 24.3 Å². The number of carbonyl (C=O) groups excluding carboxylic acids is 1. The van der Waals surface area contributed by atoms with E-state index in [1.54, 1.807) is 6.07 Å². The van der Waals surface area contributed by atoms with E-state index in [4.69, 9.17) is 9.47 Å². The molecule has 2 aliphatic rings. The lowest BCUT2D eigenvalue weighted by molar-refractivity contribution is -0.129. The SMILES string of the molecule is O=C(Cc1ccc2c(c1)OCO2)N1CCC(c2ccccc2F)C1. The fourth-order valence-corrected chi connectivity index (χ4v) is 3.38. The number of hydrogen-bond acceptors (Lipinski definition) is 3. The van der Waals surface area contributed by atoms with Gasteiger partial charge in [0.1, 0.15) is 5.82 Å². The van der Waals surface area contributed by atoms with E-state index in [1.165, 1.54) is 6.07 Å². The summed E-state index contributed by atoms with van der Waals surface area (Å²) in [6.07, 6.45) is 1.12. The molecule has 0 saturated carbocycles. The molecular weight excluding hydrogens is 309 g/mol. The summed E-state index contributed by atoms with van der Waals surface area (Å²) in [4.78, 5) is 14.4. The second-order valence-electron chi connectivity index (χ2n) is 6.21. The number of amides is 1. The Labute approximate surface area is 139 Å². The molecule has 1 atom stereocenters. The van der Waals surface area contributed by atoms with E-state index in [-0.39, 0.29) is 24.4 Å². The maximum Gasteiger partial charge on any atom is 0.231 e. The fraction of sp³-hybridized carbons (Fsp3) is 0.316. The van der Waals surface area contributed by atoms with Gasteiger partial charge in [0.25, 0.3) is 0 Å². The van der Waals surface area contributed by atoms with Crippen molar-refractivity contribution in [3.8, 4) is 11.5 Å². The first-order valence-electron chi connectivity index (χ1n) is 8.11. The fourth-order valence-electron chi connectivity index (χ4n) is 3.38. The Hall–Kier alpha value is -2.56. The van der Waals surface area contributed by atoms with Crippen molar-refractivity contribution in [1.82, 2.24) is 4.90 Å². The Morgan fingerprint density at radius 3 is 2.88 bits per heavy atom.